The van der Waals surface area contributed by atoms with Crippen molar-refractivity contribution in [2.45, 2.75) is 38.6 Å². The van der Waals surface area contributed by atoms with Crippen molar-refractivity contribution in [2.75, 3.05) is 11.9 Å². The minimum absolute atomic E-state index is 0.0178. The molecule has 108 valence electrons. The summed E-state index contributed by atoms with van der Waals surface area (Å²) in [6.45, 7) is 4.62. The topological polar surface area (TPSA) is 84.3 Å². The highest BCUT2D eigenvalue weighted by Gasteiger charge is 2.39. The van der Waals surface area contributed by atoms with E-state index in [4.69, 9.17) is 0 Å². The van der Waals surface area contributed by atoms with Gasteiger partial charge >= 0.3 is 0 Å². The summed E-state index contributed by atoms with van der Waals surface area (Å²) >= 11 is 0. The van der Waals surface area contributed by atoms with Crippen LogP contribution in [0.3, 0.4) is 0 Å². The van der Waals surface area contributed by atoms with Crippen LogP contribution in [0.1, 0.15) is 31.7 Å². The molecule has 0 radical (unpaired) electrons. The molecule has 1 unspecified atom stereocenters. The lowest BCUT2D eigenvalue weighted by Crippen LogP contribution is -2.50. The van der Waals surface area contributed by atoms with Crippen LogP contribution >= 0.6 is 0 Å². The Bertz CT molecular complexity index is 536. The van der Waals surface area contributed by atoms with Gasteiger partial charge < -0.3 is 10.6 Å². The number of non-ortho nitro benzene ring substituents is 1. The fourth-order valence-electron chi connectivity index (χ4n) is 2.56. The summed E-state index contributed by atoms with van der Waals surface area (Å²) in [6.07, 6.45) is 2.46. The number of hydrogen-bond acceptors (Lipinski definition) is 4. The molecule has 1 aliphatic rings. The molecule has 1 atom stereocenters. The van der Waals surface area contributed by atoms with Gasteiger partial charge in [-0.2, -0.15) is 0 Å². The lowest BCUT2D eigenvalue weighted by atomic mass is 9.93. The van der Waals surface area contributed by atoms with Crippen LogP contribution < -0.4 is 10.6 Å². The molecular formula is C14H19N3O3. The van der Waals surface area contributed by atoms with Crippen LogP contribution in [0.2, 0.25) is 0 Å². The zero-order chi connectivity index (χ0) is 14.8. The van der Waals surface area contributed by atoms with Gasteiger partial charge in [-0.15, -0.1) is 0 Å². The third-order valence-electron chi connectivity index (χ3n) is 3.96. The lowest BCUT2D eigenvalue weighted by molar-refractivity contribution is -0.384. The standard InChI is InChI=1S/C14H19N3O3/c1-3-14(7-4-8-15-14)13(18)16-12-9-11(17(19)20)6-5-10(12)2/h5-6,9,15H,3-4,7-8H2,1-2H3,(H,16,18). The van der Waals surface area contributed by atoms with Crippen LogP contribution in [-0.2, 0) is 4.79 Å². The highest BCUT2D eigenvalue weighted by atomic mass is 16.6. The quantitative estimate of drug-likeness (QED) is 0.653. The van der Waals surface area contributed by atoms with Gasteiger partial charge in [0.1, 0.15) is 0 Å². The number of carbonyl (C=O) groups is 1. The van der Waals surface area contributed by atoms with Crippen molar-refractivity contribution in [3.63, 3.8) is 0 Å². The molecule has 6 heteroatoms. The van der Waals surface area contributed by atoms with Gasteiger partial charge in [-0.1, -0.05) is 13.0 Å². The van der Waals surface area contributed by atoms with Gasteiger partial charge in [0, 0.05) is 12.1 Å². The van der Waals surface area contributed by atoms with E-state index in [9.17, 15) is 14.9 Å². The van der Waals surface area contributed by atoms with Crippen LogP contribution in [0.4, 0.5) is 11.4 Å². The van der Waals surface area contributed by atoms with Crippen molar-refractivity contribution < 1.29 is 9.72 Å². The number of nitro groups is 1. The number of aryl methyl sites for hydroxylation is 1. The monoisotopic (exact) mass is 277 g/mol. The first kappa shape index (κ1) is 14.5. The SMILES string of the molecule is CCC1(C(=O)Nc2cc([N+](=O)[O-])ccc2C)CCCN1. The largest absolute Gasteiger partial charge is 0.324 e. The smallest absolute Gasteiger partial charge is 0.271 e. The molecule has 0 aliphatic carbocycles. The summed E-state index contributed by atoms with van der Waals surface area (Å²) < 4.78 is 0. The predicted octanol–water partition coefficient (Wildman–Crippen LogP) is 2.37. The zero-order valence-corrected chi connectivity index (χ0v) is 11.7. The van der Waals surface area contributed by atoms with E-state index in [1.165, 1.54) is 12.1 Å². The van der Waals surface area contributed by atoms with Crippen molar-refractivity contribution in [2.24, 2.45) is 0 Å². The Balaban J connectivity index is 2.23. The second-order valence-corrected chi connectivity index (χ2v) is 5.18. The number of amides is 1. The van der Waals surface area contributed by atoms with Crippen LogP contribution in [-0.4, -0.2) is 22.9 Å². The Kier molecular flexibility index (Phi) is 4.04. The highest BCUT2D eigenvalue weighted by Crippen LogP contribution is 2.27. The predicted molar refractivity (Wildman–Crippen MR) is 76.7 cm³/mol. The second-order valence-electron chi connectivity index (χ2n) is 5.18. The maximum Gasteiger partial charge on any atom is 0.271 e. The van der Waals surface area contributed by atoms with E-state index in [0.29, 0.717) is 12.1 Å². The number of carbonyl (C=O) groups excluding carboxylic acids is 1. The van der Waals surface area contributed by atoms with Crippen molar-refractivity contribution in [3.8, 4) is 0 Å². The first-order valence-electron chi connectivity index (χ1n) is 6.80. The summed E-state index contributed by atoms with van der Waals surface area (Å²) in [7, 11) is 0. The minimum Gasteiger partial charge on any atom is -0.324 e. The lowest BCUT2D eigenvalue weighted by Gasteiger charge is -2.27. The highest BCUT2D eigenvalue weighted by molar-refractivity contribution is 5.99. The molecule has 0 saturated carbocycles. The molecule has 20 heavy (non-hydrogen) atoms. The molecule has 1 amide bonds. The molecule has 0 aromatic heterocycles. The van der Waals surface area contributed by atoms with Gasteiger partial charge in [0.15, 0.2) is 0 Å². The van der Waals surface area contributed by atoms with E-state index in [1.54, 1.807) is 6.07 Å². The molecule has 1 aromatic carbocycles. The third kappa shape index (κ3) is 2.65. The Morgan fingerprint density at radius 1 is 1.55 bits per heavy atom. The molecule has 6 nitrogen and oxygen atoms in total. The normalized spacial score (nSPS) is 21.7. The van der Waals surface area contributed by atoms with Crippen LogP contribution in [0.25, 0.3) is 0 Å². The third-order valence-corrected chi connectivity index (χ3v) is 3.96. The van der Waals surface area contributed by atoms with Crippen LogP contribution in [0.15, 0.2) is 18.2 Å². The summed E-state index contributed by atoms with van der Waals surface area (Å²) in [5.41, 5.74) is 0.756. The summed E-state index contributed by atoms with van der Waals surface area (Å²) in [6, 6.07) is 4.49. The maximum absolute atomic E-state index is 12.5. The molecule has 1 aliphatic heterocycles. The van der Waals surface area contributed by atoms with Crippen LogP contribution in [0.5, 0.6) is 0 Å². The minimum atomic E-state index is -0.545. The van der Waals surface area contributed by atoms with Gasteiger partial charge in [-0.05, 0) is 38.3 Å². The Hall–Kier alpha value is -1.95. The second kappa shape index (κ2) is 5.58. The Morgan fingerprint density at radius 2 is 2.30 bits per heavy atom. The summed E-state index contributed by atoms with van der Waals surface area (Å²) in [4.78, 5) is 22.8. The van der Waals surface area contributed by atoms with E-state index in [-0.39, 0.29) is 11.6 Å². The number of nitrogens with one attached hydrogen (secondary N) is 2. The molecule has 1 aromatic rings. The average Bonchev–Trinajstić information content (AvgIpc) is 2.91. The van der Waals surface area contributed by atoms with Gasteiger partial charge in [-0.25, -0.2) is 0 Å². The Labute approximate surface area is 117 Å². The molecule has 1 saturated heterocycles. The summed E-state index contributed by atoms with van der Waals surface area (Å²) in [5, 5.41) is 16.9. The van der Waals surface area contributed by atoms with E-state index in [0.717, 1.165) is 24.9 Å². The first-order valence-corrected chi connectivity index (χ1v) is 6.80. The number of rotatable bonds is 4. The molecule has 1 heterocycles. The molecule has 2 N–H and O–H groups in total. The first-order chi connectivity index (χ1) is 9.48. The van der Waals surface area contributed by atoms with Crippen LogP contribution in [0, 0.1) is 17.0 Å². The molecule has 1 fully saturated rings. The van der Waals surface area contributed by atoms with Crippen molar-refractivity contribution >= 4 is 17.3 Å². The van der Waals surface area contributed by atoms with Crippen molar-refractivity contribution in [3.05, 3.63) is 33.9 Å². The number of anilines is 1. The van der Waals surface area contributed by atoms with Crippen molar-refractivity contribution in [1.29, 1.82) is 0 Å². The zero-order valence-electron chi connectivity index (χ0n) is 11.7. The average molecular weight is 277 g/mol. The van der Waals surface area contributed by atoms with Gasteiger partial charge in [0.05, 0.1) is 16.1 Å². The molecular weight excluding hydrogens is 258 g/mol. The van der Waals surface area contributed by atoms with Crippen molar-refractivity contribution in [1.82, 2.24) is 5.32 Å². The molecule has 0 bridgehead atoms. The van der Waals surface area contributed by atoms with Gasteiger partial charge in [0.2, 0.25) is 5.91 Å². The number of benzene rings is 1. The van der Waals surface area contributed by atoms with Gasteiger partial charge in [0.25, 0.3) is 5.69 Å². The molecule has 2 rings (SSSR count). The van der Waals surface area contributed by atoms with Gasteiger partial charge in [-0.3, -0.25) is 14.9 Å². The molecule has 0 spiro atoms. The van der Waals surface area contributed by atoms with E-state index < -0.39 is 10.5 Å². The number of nitro benzene ring substituents is 1. The summed E-state index contributed by atoms with van der Waals surface area (Å²) in [5.74, 6) is -0.110. The number of hydrogen-bond donors (Lipinski definition) is 2. The van der Waals surface area contributed by atoms with E-state index >= 15 is 0 Å². The Morgan fingerprint density at radius 3 is 2.85 bits per heavy atom. The number of nitrogens with zero attached hydrogens (tertiary/aromatic N) is 1. The fraction of sp³-hybridized carbons (Fsp3) is 0.500. The van der Waals surface area contributed by atoms with E-state index in [2.05, 4.69) is 10.6 Å². The fourth-order valence-corrected chi connectivity index (χ4v) is 2.56. The maximum atomic E-state index is 12.5. The van der Waals surface area contributed by atoms with E-state index in [1.807, 2.05) is 13.8 Å².